The lowest BCUT2D eigenvalue weighted by molar-refractivity contribution is 0.0381. The smallest absolute Gasteiger partial charge is 0.299 e. The van der Waals surface area contributed by atoms with Crippen molar-refractivity contribution in [3.63, 3.8) is 0 Å². The normalized spacial score (nSPS) is 23.0. The Labute approximate surface area is 201 Å². The van der Waals surface area contributed by atoms with Crippen LogP contribution in [-0.4, -0.2) is 31.8 Å². The van der Waals surface area contributed by atoms with Crippen LogP contribution in [0.15, 0.2) is 89.9 Å². The molecule has 1 saturated heterocycles. The van der Waals surface area contributed by atoms with Gasteiger partial charge in [0.05, 0.1) is 6.04 Å². The minimum Gasteiger partial charge on any atom is -0.456 e. The van der Waals surface area contributed by atoms with Crippen LogP contribution in [0.1, 0.15) is 44.4 Å². The Bertz CT molecular complexity index is 1260. The number of benzene rings is 3. The van der Waals surface area contributed by atoms with Crippen molar-refractivity contribution < 1.29 is 18.3 Å². The average Bonchev–Trinajstić information content (AvgIpc) is 2.83. The molecular formula is C27H30N2O4S. The first-order valence-electron chi connectivity index (χ1n) is 11.3. The van der Waals surface area contributed by atoms with Gasteiger partial charge in [0.15, 0.2) is 4.75 Å². The monoisotopic (exact) mass is 478 g/mol. The minimum atomic E-state index is -3.92. The molecule has 1 aliphatic rings. The van der Waals surface area contributed by atoms with Crippen molar-refractivity contribution in [2.45, 2.75) is 43.6 Å². The summed E-state index contributed by atoms with van der Waals surface area (Å²) in [6.07, 6.45) is 0.344. The number of ether oxygens (including phenoxy) is 1. The zero-order valence-electron chi connectivity index (χ0n) is 19.6. The molecule has 2 unspecified atom stereocenters. The third kappa shape index (κ3) is 4.33. The number of nitrogens with zero attached hydrogens (tertiary/aromatic N) is 1. The van der Waals surface area contributed by atoms with Crippen LogP contribution in [0.3, 0.4) is 0 Å². The van der Waals surface area contributed by atoms with Gasteiger partial charge in [0.1, 0.15) is 5.60 Å². The highest BCUT2D eigenvalue weighted by Gasteiger charge is 2.59. The van der Waals surface area contributed by atoms with Gasteiger partial charge in [-0.05, 0) is 49.4 Å². The quantitative estimate of drug-likeness (QED) is 0.534. The maximum atomic E-state index is 13.6. The molecule has 34 heavy (non-hydrogen) atoms. The fourth-order valence-electron chi connectivity index (χ4n) is 4.31. The fourth-order valence-corrected chi connectivity index (χ4v) is 5.98. The number of aliphatic hydroxyl groups excluding tert-OH is 1. The molecule has 0 aromatic heterocycles. The fraction of sp³-hybridized carbons (Fsp3) is 0.296. The zero-order valence-corrected chi connectivity index (χ0v) is 20.4. The van der Waals surface area contributed by atoms with Gasteiger partial charge in [-0.25, -0.2) is 18.1 Å². The number of amidine groups is 1. The van der Waals surface area contributed by atoms with E-state index >= 15 is 0 Å². The standard InChI is InChI=1S/C27H30N2O4S/c1-26(2)27(3,23-16-14-21(15-17-23)20-10-6-4-7-11-20)34(31,32)29-25(33-26)28-24(18-19-30)22-12-8-5-9-13-22/h4-17,24,30H,18-19H2,1-3H3,(H,28,29). The molecule has 0 saturated carbocycles. The van der Waals surface area contributed by atoms with Crippen molar-refractivity contribution >= 4 is 16.0 Å². The first-order valence-corrected chi connectivity index (χ1v) is 12.8. The highest BCUT2D eigenvalue weighted by atomic mass is 32.2. The van der Waals surface area contributed by atoms with Crippen molar-refractivity contribution in [2.24, 2.45) is 4.99 Å². The summed E-state index contributed by atoms with van der Waals surface area (Å²) in [5.74, 6) is 0. The first kappa shape index (κ1) is 24.0. The summed E-state index contributed by atoms with van der Waals surface area (Å²) >= 11 is 0. The van der Waals surface area contributed by atoms with Crippen LogP contribution in [0.25, 0.3) is 11.1 Å². The SMILES string of the molecule is CC1(C)OC(=NC(CCO)c2ccccc2)NS(=O)(=O)C1(C)c1ccc(-c2ccccc2)cc1. The summed E-state index contributed by atoms with van der Waals surface area (Å²) in [4.78, 5) is 4.54. The second-order valence-electron chi connectivity index (χ2n) is 9.07. The van der Waals surface area contributed by atoms with Crippen LogP contribution >= 0.6 is 0 Å². The number of sulfonamides is 1. The molecule has 6 nitrogen and oxygen atoms in total. The Morgan fingerprint density at radius 1 is 0.882 bits per heavy atom. The molecule has 1 heterocycles. The summed E-state index contributed by atoms with van der Waals surface area (Å²) in [5.41, 5.74) is 2.44. The molecular weight excluding hydrogens is 448 g/mol. The van der Waals surface area contributed by atoms with E-state index in [2.05, 4.69) is 9.71 Å². The van der Waals surface area contributed by atoms with E-state index in [1.54, 1.807) is 20.8 Å². The van der Waals surface area contributed by atoms with Gasteiger partial charge in [-0.15, -0.1) is 0 Å². The van der Waals surface area contributed by atoms with Crippen molar-refractivity contribution in [3.05, 3.63) is 96.1 Å². The van der Waals surface area contributed by atoms with E-state index < -0.39 is 26.4 Å². The topological polar surface area (TPSA) is 88.0 Å². The Morgan fingerprint density at radius 3 is 2.00 bits per heavy atom. The summed E-state index contributed by atoms with van der Waals surface area (Å²) < 4.78 is 34.6. The lowest BCUT2D eigenvalue weighted by Crippen LogP contribution is -2.63. The predicted octanol–water partition coefficient (Wildman–Crippen LogP) is 4.78. The van der Waals surface area contributed by atoms with Crippen molar-refractivity contribution in [3.8, 4) is 11.1 Å². The lowest BCUT2D eigenvalue weighted by Gasteiger charge is -2.47. The highest BCUT2D eigenvalue weighted by molar-refractivity contribution is 7.91. The van der Waals surface area contributed by atoms with Gasteiger partial charge in [-0.1, -0.05) is 84.9 Å². The van der Waals surface area contributed by atoms with Gasteiger partial charge in [0.25, 0.3) is 6.02 Å². The molecule has 0 bridgehead atoms. The summed E-state index contributed by atoms with van der Waals surface area (Å²) in [5, 5.41) is 9.52. The third-order valence-electron chi connectivity index (χ3n) is 6.66. The van der Waals surface area contributed by atoms with E-state index in [4.69, 9.17) is 4.74 Å². The molecule has 2 atom stereocenters. The molecule has 4 rings (SSSR count). The Hall–Kier alpha value is -3.16. The zero-order chi connectivity index (χ0) is 24.4. The summed E-state index contributed by atoms with van der Waals surface area (Å²) in [6, 6.07) is 26.4. The van der Waals surface area contributed by atoms with Crippen molar-refractivity contribution in [2.75, 3.05) is 6.61 Å². The minimum absolute atomic E-state index is 0.0642. The Kier molecular flexibility index (Phi) is 6.51. The average molecular weight is 479 g/mol. The maximum absolute atomic E-state index is 13.6. The van der Waals surface area contributed by atoms with Crippen LogP contribution in [0.5, 0.6) is 0 Å². The van der Waals surface area contributed by atoms with Crippen LogP contribution in [-0.2, 0) is 19.5 Å². The number of aliphatic imine (C=N–C) groups is 1. The lowest BCUT2D eigenvalue weighted by atomic mass is 9.84. The summed E-state index contributed by atoms with van der Waals surface area (Å²) in [6.45, 7) is 5.11. The Balaban J connectivity index is 1.68. The van der Waals surface area contributed by atoms with E-state index in [0.717, 1.165) is 16.7 Å². The van der Waals surface area contributed by atoms with Crippen LogP contribution in [0.2, 0.25) is 0 Å². The molecule has 3 aromatic rings. The van der Waals surface area contributed by atoms with E-state index in [-0.39, 0.29) is 12.6 Å². The molecule has 0 radical (unpaired) electrons. The number of hydrogen-bond acceptors (Lipinski definition) is 5. The summed E-state index contributed by atoms with van der Waals surface area (Å²) in [7, 11) is -3.92. The van der Waals surface area contributed by atoms with Gasteiger partial charge in [0, 0.05) is 6.61 Å². The van der Waals surface area contributed by atoms with Crippen molar-refractivity contribution in [1.29, 1.82) is 0 Å². The molecule has 3 aromatic carbocycles. The number of nitrogens with one attached hydrogen (secondary N) is 1. The van der Waals surface area contributed by atoms with Gasteiger partial charge < -0.3 is 9.84 Å². The van der Waals surface area contributed by atoms with E-state index in [1.807, 2.05) is 84.9 Å². The largest absolute Gasteiger partial charge is 0.456 e. The van der Waals surface area contributed by atoms with E-state index in [1.165, 1.54) is 0 Å². The van der Waals surface area contributed by atoms with Gasteiger partial charge in [-0.2, -0.15) is 0 Å². The van der Waals surface area contributed by atoms with Crippen LogP contribution in [0, 0.1) is 0 Å². The first-order chi connectivity index (χ1) is 16.2. The van der Waals surface area contributed by atoms with Gasteiger partial charge in [-0.3, -0.25) is 0 Å². The molecule has 7 heteroatoms. The molecule has 0 amide bonds. The number of aliphatic hydroxyl groups is 1. The number of hydrogen-bond donors (Lipinski definition) is 2. The maximum Gasteiger partial charge on any atom is 0.299 e. The molecule has 1 fully saturated rings. The van der Waals surface area contributed by atoms with Gasteiger partial charge >= 0.3 is 0 Å². The number of rotatable bonds is 6. The molecule has 2 N–H and O–H groups in total. The van der Waals surface area contributed by atoms with Crippen molar-refractivity contribution in [1.82, 2.24) is 4.72 Å². The Morgan fingerprint density at radius 2 is 1.44 bits per heavy atom. The van der Waals surface area contributed by atoms with Crippen LogP contribution in [0.4, 0.5) is 0 Å². The second kappa shape index (κ2) is 9.24. The highest BCUT2D eigenvalue weighted by Crippen LogP contribution is 2.45. The molecule has 0 spiro atoms. The van der Waals surface area contributed by atoms with E-state index in [9.17, 15) is 13.5 Å². The molecule has 0 aliphatic carbocycles. The van der Waals surface area contributed by atoms with E-state index in [0.29, 0.717) is 12.0 Å². The predicted molar refractivity (Wildman–Crippen MR) is 135 cm³/mol. The molecule has 178 valence electrons. The third-order valence-corrected chi connectivity index (χ3v) is 8.91. The second-order valence-corrected chi connectivity index (χ2v) is 11.1. The van der Waals surface area contributed by atoms with Gasteiger partial charge in [0.2, 0.25) is 10.0 Å². The van der Waals surface area contributed by atoms with Crippen LogP contribution < -0.4 is 4.72 Å². The molecule has 1 aliphatic heterocycles.